The molecule has 0 aliphatic carbocycles. The summed E-state index contributed by atoms with van der Waals surface area (Å²) in [5, 5.41) is 0. The van der Waals surface area contributed by atoms with Crippen LogP contribution in [0.15, 0.2) is 71.6 Å². The van der Waals surface area contributed by atoms with Crippen LogP contribution in [-0.2, 0) is 15.4 Å². The Morgan fingerprint density at radius 3 is 2.21 bits per heavy atom. The van der Waals surface area contributed by atoms with E-state index in [1.54, 1.807) is 35.2 Å². The predicted octanol–water partition coefficient (Wildman–Crippen LogP) is 5.90. The molecule has 1 saturated heterocycles. The lowest BCUT2D eigenvalue weighted by Crippen LogP contribution is -2.38. The molecule has 1 heterocycles. The summed E-state index contributed by atoms with van der Waals surface area (Å²) in [6, 6.07) is 18.1. The van der Waals surface area contributed by atoms with E-state index in [-0.39, 0.29) is 33.3 Å². The average Bonchev–Trinajstić information content (AvgIpc) is 2.91. The molecule has 0 aromatic heterocycles. The maximum absolute atomic E-state index is 13.3. The van der Waals surface area contributed by atoms with Gasteiger partial charge in [-0.2, -0.15) is 0 Å². The van der Waals surface area contributed by atoms with E-state index in [1.165, 1.54) is 31.4 Å². The smallest absolute Gasteiger partial charge is 0.261 e. The Kier molecular flexibility index (Phi) is 8.16. The second-order valence-electron chi connectivity index (χ2n) is 11.2. The quantitative estimate of drug-likeness (QED) is 0.371. The molecule has 3 aromatic carbocycles. The molecule has 39 heavy (non-hydrogen) atoms. The summed E-state index contributed by atoms with van der Waals surface area (Å²) in [6.07, 6.45) is 1.81. The molecule has 0 unspecified atom stereocenters. The van der Waals surface area contributed by atoms with Crippen LogP contribution in [0.5, 0.6) is 5.75 Å². The molecule has 1 amide bonds. The molecular formula is C31H36N2O5S. The van der Waals surface area contributed by atoms with Crippen molar-refractivity contribution in [1.82, 2.24) is 4.90 Å². The van der Waals surface area contributed by atoms with E-state index < -0.39 is 10.0 Å². The van der Waals surface area contributed by atoms with Crippen LogP contribution in [0.4, 0.5) is 5.69 Å². The zero-order chi connectivity index (χ0) is 28.4. The van der Waals surface area contributed by atoms with Gasteiger partial charge in [0.25, 0.3) is 15.9 Å². The van der Waals surface area contributed by atoms with E-state index in [0.29, 0.717) is 35.9 Å². The molecule has 1 N–H and O–H groups in total. The number of benzene rings is 3. The van der Waals surface area contributed by atoms with E-state index in [1.807, 2.05) is 12.1 Å². The third-order valence-corrected chi connectivity index (χ3v) is 8.55. The highest BCUT2D eigenvalue weighted by molar-refractivity contribution is 7.92. The molecule has 1 fully saturated rings. The molecule has 1 aliphatic rings. The SMILES string of the molecule is COc1ccc(S(=O)(=O)Nc2cccc(C(=O)c3ccc(C(C)(C)C)cc3)c2)cc1C(=O)N1CCC(C)CC1. The Balaban J connectivity index is 1.56. The van der Waals surface area contributed by atoms with Crippen LogP contribution in [0, 0.1) is 5.92 Å². The van der Waals surface area contributed by atoms with Crippen molar-refractivity contribution in [2.24, 2.45) is 5.92 Å². The number of anilines is 1. The van der Waals surface area contributed by atoms with Crippen molar-refractivity contribution in [3.8, 4) is 5.75 Å². The number of nitrogens with one attached hydrogen (secondary N) is 1. The summed E-state index contributed by atoms with van der Waals surface area (Å²) in [5.74, 6) is 0.422. The standard InChI is InChI=1S/C31H36N2O5S/c1-21-15-17-33(18-16-21)30(35)27-20-26(13-14-28(27)38-5)39(36,37)32-25-8-6-7-23(19-25)29(34)22-9-11-24(12-10-22)31(2,3)4/h6-14,19-21,32H,15-18H2,1-5H3. The van der Waals surface area contributed by atoms with Crippen LogP contribution in [0.1, 0.15) is 72.4 Å². The lowest BCUT2D eigenvalue weighted by Gasteiger charge is -2.30. The van der Waals surface area contributed by atoms with Gasteiger partial charge < -0.3 is 9.64 Å². The highest BCUT2D eigenvalue weighted by Crippen LogP contribution is 2.28. The first-order valence-electron chi connectivity index (χ1n) is 13.1. The van der Waals surface area contributed by atoms with Crippen molar-refractivity contribution in [2.45, 2.75) is 50.8 Å². The lowest BCUT2D eigenvalue weighted by atomic mass is 9.86. The summed E-state index contributed by atoms with van der Waals surface area (Å²) in [7, 11) is -2.60. The zero-order valence-electron chi connectivity index (χ0n) is 23.2. The number of carbonyl (C=O) groups excluding carboxylic acids is 2. The number of amides is 1. The molecular weight excluding hydrogens is 512 g/mol. The predicted molar refractivity (Wildman–Crippen MR) is 153 cm³/mol. The van der Waals surface area contributed by atoms with Crippen molar-refractivity contribution >= 4 is 27.4 Å². The van der Waals surface area contributed by atoms with Gasteiger partial charge in [-0.05, 0) is 60.1 Å². The van der Waals surface area contributed by atoms with Crippen LogP contribution >= 0.6 is 0 Å². The molecule has 0 radical (unpaired) electrons. The maximum atomic E-state index is 13.3. The minimum absolute atomic E-state index is 0.0297. The number of methoxy groups -OCH3 is 1. The van der Waals surface area contributed by atoms with Gasteiger partial charge in [-0.25, -0.2) is 8.42 Å². The van der Waals surface area contributed by atoms with E-state index in [9.17, 15) is 18.0 Å². The molecule has 0 spiro atoms. The third-order valence-electron chi connectivity index (χ3n) is 7.17. The molecule has 1 aliphatic heterocycles. The second kappa shape index (κ2) is 11.2. The molecule has 206 valence electrons. The fourth-order valence-corrected chi connectivity index (χ4v) is 5.70. The largest absolute Gasteiger partial charge is 0.496 e. The number of rotatable bonds is 7. The van der Waals surface area contributed by atoms with Gasteiger partial charge in [-0.3, -0.25) is 14.3 Å². The van der Waals surface area contributed by atoms with Gasteiger partial charge in [0.1, 0.15) is 5.75 Å². The van der Waals surface area contributed by atoms with Gasteiger partial charge in [0, 0.05) is 29.9 Å². The number of hydrogen-bond acceptors (Lipinski definition) is 5. The van der Waals surface area contributed by atoms with Gasteiger partial charge in [0.05, 0.1) is 17.6 Å². The number of piperidine rings is 1. The van der Waals surface area contributed by atoms with Gasteiger partial charge in [0.2, 0.25) is 0 Å². The Morgan fingerprint density at radius 1 is 0.923 bits per heavy atom. The summed E-state index contributed by atoms with van der Waals surface area (Å²) in [4.78, 5) is 28.0. The highest BCUT2D eigenvalue weighted by Gasteiger charge is 2.26. The van der Waals surface area contributed by atoms with Gasteiger partial charge in [-0.15, -0.1) is 0 Å². The number of hydrogen-bond donors (Lipinski definition) is 1. The first kappa shape index (κ1) is 28.4. The van der Waals surface area contributed by atoms with Gasteiger partial charge in [-0.1, -0.05) is 64.1 Å². The Hall–Kier alpha value is -3.65. The minimum atomic E-state index is -4.05. The first-order chi connectivity index (χ1) is 18.4. The molecule has 4 rings (SSSR count). The zero-order valence-corrected chi connectivity index (χ0v) is 24.0. The van der Waals surface area contributed by atoms with Crippen LogP contribution in [0.3, 0.4) is 0 Å². The summed E-state index contributed by atoms with van der Waals surface area (Å²) in [6.45, 7) is 9.72. The number of carbonyl (C=O) groups is 2. The summed E-state index contributed by atoms with van der Waals surface area (Å²) < 4.78 is 34.6. The number of nitrogens with zero attached hydrogens (tertiary/aromatic N) is 1. The van der Waals surface area contributed by atoms with Crippen molar-refractivity contribution in [1.29, 1.82) is 0 Å². The molecule has 0 atom stereocenters. The lowest BCUT2D eigenvalue weighted by molar-refractivity contribution is 0.0693. The Labute approximate surface area is 231 Å². The molecule has 7 nitrogen and oxygen atoms in total. The van der Waals surface area contributed by atoms with E-state index in [0.717, 1.165) is 18.4 Å². The van der Waals surface area contributed by atoms with Crippen LogP contribution in [0.2, 0.25) is 0 Å². The average molecular weight is 549 g/mol. The monoisotopic (exact) mass is 548 g/mol. The number of likely N-dealkylation sites (tertiary alicyclic amines) is 1. The summed E-state index contributed by atoms with van der Waals surface area (Å²) in [5.41, 5.74) is 2.43. The molecule has 0 saturated carbocycles. The summed E-state index contributed by atoms with van der Waals surface area (Å²) >= 11 is 0. The van der Waals surface area contributed by atoms with Crippen LogP contribution < -0.4 is 9.46 Å². The van der Waals surface area contributed by atoms with Gasteiger partial charge >= 0.3 is 0 Å². The number of ketones is 1. The molecule has 3 aromatic rings. The normalized spacial score (nSPS) is 14.6. The molecule has 8 heteroatoms. The van der Waals surface area contributed by atoms with Crippen molar-refractivity contribution < 1.29 is 22.7 Å². The van der Waals surface area contributed by atoms with E-state index in [4.69, 9.17) is 4.74 Å². The van der Waals surface area contributed by atoms with Gasteiger partial charge in [0.15, 0.2) is 5.78 Å². The van der Waals surface area contributed by atoms with E-state index >= 15 is 0 Å². The second-order valence-corrected chi connectivity index (χ2v) is 12.9. The third kappa shape index (κ3) is 6.50. The van der Waals surface area contributed by atoms with Crippen LogP contribution in [0.25, 0.3) is 0 Å². The van der Waals surface area contributed by atoms with Crippen molar-refractivity contribution in [3.05, 3.63) is 89.0 Å². The van der Waals surface area contributed by atoms with E-state index in [2.05, 4.69) is 32.4 Å². The minimum Gasteiger partial charge on any atom is -0.496 e. The Morgan fingerprint density at radius 2 is 1.59 bits per heavy atom. The van der Waals surface area contributed by atoms with Crippen molar-refractivity contribution in [3.63, 3.8) is 0 Å². The highest BCUT2D eigenvalue weighted by atomic mass is 32.2. The number of ether oxygens (including phenoxy) is 1. The van der Waals surface area contributed by atoms with Crippen LogP contribution in [-0.4, -0.2) is 45.2 Å². The fourth-order valence-electron chi connectivity index (χ4n) is 4.63. The number of sulfonamides is 1. The molecule has 0 bridgehead atoms. The fraction of sp³-hybridized carbons (Fsp3) is 0.355. The Bertz CT molecular complexity index is 1470. The van der Waals surface area contributed by atoms with Crippen molar-refractivity contribution in [2.75, 3.05) is 24.9 Å². The topological polar surface area (TPSA) is 92.8 Å². The maximum Gasteiger partial charge on any atom is 0.261 e. The first-order valence-corrected chi connectivity index (χ1v) is 14.6.